The van der Waals surface area contributed by atoms with E-state index in [0.717, 1.165) is 11.1 Å². The molecule has 2 amide bonds. The second-order valence-electron chi connectivity index (χ2n) is 7.45. The van der Waals surface area contributed by atoms with Crippen molar-refractivity contribution in [2.24, 2.45) is 7.05 Å². The van der Waals surface area contributed by atoms with E-state index in [4.69, 9.17) is 9.15 Å². The lowest BCUT2D eigenvalue weighted by Crippen LogP contribution is -2.39. The largest absolute Gasteiger partial charge is 0.467 e. The number of halogens is 1. The predicted molar refractivity (Wildman–Crippen MR) is 122 cm³/mol. The van der Waals surface area contributed by atoms with Gasteiger partial charge in [0.1, 0.15) is 23.0 Å². The highest BCUT2D eigenvalue weighted by atomic mass is 19.1. The highest BCUT2D eigenvalue weighted by Crippen LogP contribution is 2.34. The van der Waals surface area contributed by atoms with Crippen LogP contribution in [0.5, 0.6) is 11.6 Å². The molecule has 33 heavy (non-hydrogen) atoms. The number of nitrogens with one attached hydrogen (secondary N) is 1. The Kier molecular flexibility index (Phi) is 6.73. The zero-order valence-electron chi connectivity index (χ0n) is 18.5. The lowest BCUT2D eigenvalue weighted by molar-refractivity contribution is 0.187. The summed E-state index contributed by atoms with van der Waals surface area (Å²) >= 11 is 0. The summed E-state index contributed by atoms with van der Waals surface area (Å²) in [5.74, 6) is 1.25. The molecule has 0 aliphatic heterocycles. The molecule has 2 heterocycles. The van der Waals surface area contributed by atoms with Crippen LogP contribution in [0.1, 0.15) is 18.2 Å². The third-order valence-electron chi connectivity index (χ3n) is 5.05. The number of hydrogen-bond donors (Lipinski definition) is 1. The first-order valence-electron chi connectivity index (χ1n) is 10.6. The minimum absolute atomic E-state index is 0.223. The van der Waals surface area contributed by atoms with Crippen LogP contribution in [0, 0.1) is 5.82 Å². The maximum atomic E-state index is 13.4. The van der Waals surface area contributed by atoms with E-state index >= 15 is 0 Å². The van der Waals surface area contributed by atoms with Gasteiger partial charge in [-0.3, -0.25) is 0 Å². The molecule has 0 saturated heterocycles. The van der Waals surface area contributed by atoms with Gasteiger partial charge in [0.15, 0.2) is 0 Å². The van der Waals surface area contributed by atoms with E-state index in [2.05, 4.69) is 10.4 Å². The monoisotopic (exact) mass is 448 g/mol. The number of rotatable bonds is 8. The summed E-state index contributed by atoms with van der Waals surface area (Å²) in [6, 6.07) is 18.9. The number of ether oxygens (including phenoxy) is 1. The smallest absolute Gasteiger partial charge is 0.318 e. The standard InChI is InChI=1S/C25H25FN4O3/c1-3-27-25(31)30(16-21-10-7-15-32-21)17-22-23(18-8-5-4-6-9-18)28-29(2)24(22)33-20-13-11-19(26)12-14-20/h4-15H,3,16-17H2,1-2H3,(H,27,31). The minimum Gasteiger partial charge on any atom is -0.467 e. The average molecular weight is 448 g/mol. The second kappa shape index (κ2) is 10.0. The Morgan fingerprint density at radius 3 is 2.52 bits per heavy atom. The second-order valence-corrected chi connectivity index (χ2v) is 7.45. The molecule has 170 valence electrons. The molecule has 7 nitrogen and oxygen atoms in total. The third-order valence-corrected chi connectivity index (χ3v) is 5.05. The van der Waals surface area contributed by atoms with E-state index in [9.17, 15) is 9.18 Å². The molecule has 0 radical (unpaired) electrons. The lowest BCUT2D eigenvalue weighted by atomic mass is 10.1. The lowest BCUT2D eigenvalue weighted by Gasteiger charge is -2.22. The Balaban J connectivity index is 1.75. The molecule has 4 aromatic rings. The topological polar surface area (TPSA) is 72.5 Å². The number of amides is 2. The molecule has 0 fully saturated rings. The fraction of sp³-hybridized carbons (Fsp3) is 0.200. The summed E-state index contributed by atoms with van der Waals surface area (Å²) in [5.41, 5.74) is 2.32. The molecule has 0 atom stereocenters. The normalized spacial score (nSPS) is 10.8. The Labute approximate surface area is 191 Å². The first-order valence-corrected chi connectivity index (χ1v) is 10.6. The number of aryl methyl sites for hydroxylation is 1. The number of urea groups is 1. The van der Waals surface area contributed by atoms with Crippen molar-refractivity contribution in [2.75, 3.05) is 6.54 Å². The first-order chi connectivity index (χ1) is 16.0. The summed E-state index contributed by atoms with van der Waals surface area (Å²) in [4.78, 5) is 14.5. The molecule has 8 heteroatoms. The van der Waals surface area contributed by atoms with Gasteiger partial charge in [0.25, 0.3) is 0 Å². The Morgan fingerprint density at radius 2 is 1.85 bits per heavy atom. The molecular formula is C25H25FN4O3. The molecule has 2 aromatic heterocycles. The zero-order valence-corrected chi connectivity index (χ0v) is 18.5. The SMILES string of the molecule is CCNC(=O)N(Cc1ccco1)Cc1c(-c2ccccc2)nn(C)c1Oc1ccc(F)cc1. The van der Waals surface area contributed by atoms with Gasteiger partial charge in [-0.2, -0.15) is 5.10 Å². The van der Waals surface area contributed by atoms with Gasteiger partial charge in [-0.25, -0.2) is 13.9 Å². The van der Waals surface area contributed by atoms with E-state index in [1.165, 1.54) is 12.1 Å². The van der Waals surface area contributed by atoms with Gasteiger partial charge in [-0.1, -0.05) is 30.3 Å². The van der Waals surface area contributed by atoms with Crippen LogP contribution >= 0.6 is 0 Å². The third kappa shape index (κ3) is 5.23. The summed E-state index contributed by atoms with van der Waals surface area (Å²) in [7, 11) is 1.78. The number of furan rings is 1. The molecule has 2 aromatic carbocycles. The van der Waals surface area contributed by atoms with E-state index in [1.54, 1.807) is 41.1 Å². The van der Waals surface area contributed by atoms with Gasteiger partial charge in [-0.15, -0.1) is 0 Å². The Hall–Kier alpha value is -4.07. The highest BCUT2D eigenvalue weighted by molar-refractivity contribution is 5.75. The summed E-state index contributed by atoms with van der Waals surface area (Å²) < 4.78 is 26.6. The van der Waals surface area contributed by atoms with Crippen LogP contribution in [-0.4, -0.2) is 27.3 Å². The summed E-state index contributed by atoms with van der Waals surface area (Å²) in [6.07, 6.45) is 1.58. The minimum atomic E-state index is -0.349. The molecule has 0 unspecified atom stereocenters. The number of aromatic nitrogens is 2. The summed E-state index contributed by atoms with van der Waals surface area (Å²) in [6.45, 7) is 2.86. The van der Waals surface area contributed by atoms with Crippen molar-refractivity contribution in [3.63, 3.8) is 0 Å². The fourth-order valence-electron chi connectivity index (χ4n) is 3.51. The van der Waals surface area contributed by atoms with Crippen molar-refractivity contribution in [3.8, 4) is 22.9 Å². The number of carbonyl (C=O) groups is 1. The van der Waals surface area contributed by atoms with Gasteiger partial charge in [0.2, 0.25) is 5.88 Å². The van der Waals surface area contributed by atoms with Gasteiger partial charge in [-0.05, 0) is 43.3 Å². The zero-order chi connectivity index (χ0) is 23.2. The van der Waals surface area contributed by atoms with E-state index in [1.807, 2.05) is 43.3 Å². The quantitative estimate of drug-likeness (QED) is 0.395. The molecule has 0 aliphatic carbocycles. The molecule has 0 saturated carbocycles. The van der Waals surface area contributed by atoms with Crippen LogP contribution in [0.4, 0.5) is 9.18 Å². The van der Waals surface area contributed by atoms with Crippen molar-refractivity contribution in [1.29, 1.82) is 0 Å². The van der Waals surface area contributed by atoms with Crippen LogP contribution in [0.25, 0.3) is 11.3 Å². The van der Waals surface area contributed by atoms with E-state index in [-0.39, 0.29) is 24.9 Å². The van der Waals surface area contributed by atoms with Gasteiger partial charge < -0.3 is 19.4 Å². The van der Waals surface area contributed by atoms with Gasteiger partial charge >= 0.3 is 6.03 Å². The molecule has 4 rings (SSSR count). The fourth-order valence-corrected chi connectivity index (χ4v) is 3.51. The van der Waals surface area contributed by atoms with Crippen LogP contribution in [0.3, 0.4) is 0 Å². The first kappa shape index (κ1) is 22.1. The van der Waals surface area contributed by atoms with Gasteiger partial charge in [0.05, 0.1) is 24.9 Å². The van der Waals surface area contributed by atoms with Crippen LogP contribution in [0.15, 0.2) is 77.4 Å². The number of hydrogen-bond acceptors (Lipinski definition) is 4. The van der Waals surface area contributed by atoms with Crippen molar-refractivity contribution < 1.29 is 18.3 Å². The number of nitrogens with zero attached hydrogens (tertiary/aromatic N) is 3. The molecular weight excluding hydrogens is 423 g/mol. The van der Waals surface area contributed by atoms with Crippen LogP contribution in [-0.2, 0) is 20.1 Å². The van der Waals surface area contributed by atoms with Crippen molar-refractivity contribution in [2.45, 2.75) is 20.0 Å². The van der Waals surface area contributed by atoms with Crippen molar-refractivity contribution in [1.82, 2.24) is 20.0 Å². The highest BCUT2D eigenvalue weighted by Gasteiger charge is 2.25. The molecule has 0 aliphatic rings. The molecule has 0 bridgehead atoms. The van der Waals surface area contributed by atoms with Crippen LogP contribution in [0.2, 0.25) is 0 Å². The van der Waals surface area contributed by atoms with Gasteiger partial charge in [0, 0.05) is 19.2 Å². The van der Waals surface area contributed by atoms with E-state index < -0.39 is 0 Å². The van der Waals surface area contributed by atoms with Crippen LogP contribution < -0.4 is 10.1 Å². The average Bonchev–Trinajstić information content (AvgIpc) is 3.44. The number of carbonyl (C=O) groups excluding carboxylic acids is 1. The predicted octanol–water partition coefficient (Wildman–Crippen LogP) is 5.34. The van der Waals surface area contributed by atoms with Crippen molar-refractivity contribution >= 4 is 6.03 Å². The Bertz CT molecular complexity index is 1190. The summed E-state index contributed by atoms with van der Waals surface area (Å²) in [5, 5.41) is 7.54. The maximum absolute atomic E-state index is 13.4. The van der Waals surface area contributed by atoms with E-state index in [0.29, 0.717) is 29.6 Å². The molecule has 0 spiro atoms. The molecule has 1 N–H and O–H groups in total. The maximum Gasteiger partial charge on any atom is 0.318 e. The number of benzene rings is 2. The van der Waals surface area contributed by atoms with Crippen molar-refractivity contribution in [3.05, 3.63) is 90.1 Å². The Morgan fingerprint density at radius 1 is 1.09 bits per heavy atom.